The van der Waals surface area contributed by atoms with E-state index >= 15 is 0 Å². The first kappa shape index (κ1) is 11.6. The molecule has 0 aromatic heterocycles. The summed E-state index contributed by atoms with van der Waals surface area (Å²) in [6.45, 7) is 0. The summed E-state index contributed by atoms with van der Waals surface area (Å²) in [5, 5.41) is 2.26. The van der Waals surface area contributed by atoms with Crippen molar-refractivity contribution in [3.63, 3.8) is 0 Å². The highest BCUT2D eigenvalue weighted by Gasteiger charge is 2.17. The predicted octanol–water partition coefficient (Wildman–Crippen LogP) is 1.93. The minimum atomic E-state index is -0.588. The molecule has 0 radical (unpaired) electrons. The van der Waals surface area contributed by atoms with Crippen molar-refractivity contribution in [3.05, 3.63) is 48.0 Å². The van der Waals surface area contributed by atoms with Crippen molar-refractivity contribution in [1.82, 2.24) is 4.90 Å². The molecular weight excluding hydrogens is 212 g/mol. The van der Waals surface area contributed by atoms with Crippen LogP contribution in [0.2, 0.25) is 0 Å². The van der Waals surface area contributed by atoms with Gasteiger partial charge in [0.1, 0.15) is 6.04 Å². The van der Waals surface area contributed by atoms with Gasteiger partial charge in [-0.2, -0.15) is 0 Å². The zero-order valence-corrected chi connectivity index (χ0v) is 10.1. The summed E-state index contributed by atoms with van der Waals surface area (Å²) < 4.78 is 0. The van der Waals surface area contributed by atoms with Crippen LogP contribution in [0, 0.1) is 0 Å². The van der Waals surface area contributed by atoms with Gasteiger partial charge in [-0.15, -0.1) is 0 Å². The Morgan fingerprint density at radius 2 is 1.76 bits per heavy atom. The van der Waals surface area contributed by atoms with Gasteiger partial charge in [0.2, 0.25) is 5.91 Å². The second kappa shape index (κ2) is 4.55. The summed E-state index contributed by atoms with van der Waals surface area (Å²) in [5.41, 5.74) is 6.79. The molecule has 0 bridgehead atoms. The van der Waals surface area contributed by atoms with E-state index in [4.69, 9.17) is 5.73 Å². The Bertz CT molecular complexity index is 549. The molecule has 88 valence electrons. The van der Waals surface area contributed by atoms with E-state index in [2.05, 4.69) is 0 Å². The fraction of sp³-hybridized carbons (Fsp3) is 0.214. The number of fused-ring (bicyclic) bond motifs is 1. The van der Waals surface area contributed by atoms with E-state index in [1.54, 1.807) is 14.1 Å². The van der Waals surface area contributed by atoms with Crippen LogP contribution < -0.4 is 5.73 Å². The molecule has 0 heterocycles. The fourth-order valence-corrected chi connectivity index (χ4v) is 1.82. The van der Waals surface area contributed by atoms with E-state index in [9.17, 15) is 4.79 Å². The van der Waals surface area contributed by atoms with Gasteiger partial charge in [-0.05, 0) is 22.4 Å². The molecule has 0 aliphatic heterocycles. The maximum atomic E-state index is 11.8. The molecule has 0 fully saturated rings. The van der Waals surface area contributed by atoms with E-state index in [1.807, 2.05) is 42.5 Å². The number of carbonyl (C=O) groups excluding carboxylic acids is 1. The number of amides is 1. The normalized spacial score (nSPS) is 12.4. The Morgan fingerprint density at radius 3 is 2.41 bits per heavy atom. The Kier molecular flexibility index (Phi) is 3.11. The van der Waals surface area contributed by atoms with Crippen molar-refractivity contribution < 1.29 is 4.79 Å². The third-order valence-electron chi connectivity index (χ3n) is 2.84. The number of nitrogens with two attached hydrogens (primary N) is 1. The van der Waals surface area contributed by atoms with Crippen molar-refractivity contribution in [2.75, 3.05) is 14.1 Å². The SMILES string of the molecule is CN(C)C(=O)C(N)c1ccc2ccccc2c1. The van der Waals surface area contributed by atoms with E-state index in [1.165, 1.54) is 4.90 Å². The maximum absolute atomic E-state index is 11.8. The molecule has 1 atom stereocenters. The zero-order chi connectivity index (χ0) is 12.4. The molecule has 2 rings (SSSR count). The summed E-state index contributed by atoms with van der Waals surface area (Å²) in [5.74, 6) is -0.0831. The monoisotopic (exact) mass is 228 g/mol. The largest absolute Gasteiger partial charge is 0.347 e. The molecule has 3 nitrogen and oxygen atoms in total. The first-order chi connectivity index (χ1) is 8.09. The average Bonchev–Trinajstić information content (AvgIpc) is 2.36. The number of benzene rings is 2. The molecule has 17 heavy (non-hydrogen) atoms. The number of rotatable bonds is 2. The van der Waals surface area contributed by atoms with Crippen molar-refractivity contribution in [2.24, 2.45) is 5.73 Å². The molecular formula is C14H16N2O. The lowest BCUT2D eigenvalue weighted by molar-refractivity contribution is -0.130. The van der Waals surface area contributed by atoms with E-state index in [0.717, 1.165) is 16.3 Å². The Balaban J connectivity index is 2.39. The molecule has 0 saturated carbocycles. The Hall–Kier alpha value is -1.87. The third-order valence-corrected chi connectivity index (χ3v) is 2.84. The molecule has 1 amide bonds. The molecule has 2 aromatic rings. The second-order valence-corrected chi connectivity index (χ2v) is 4.32. The number of hydrogen-bond donors (Lipinski definition) is 1. The number of carbonyl (C=O) groups is 1. The van der Waals surface area contributed by atoms with Gasteiger partial charge in [-0.3, -0.25) is 4.79 Å². The van der Waals surface area contributed by atoms with Gasteiger partial charge >= 0.3 is 0 Å². The lowest BCUT2D eigenvalue weighted by atomic mass is 10.0. The molecule has 2 N–H and O–H groups in total. The van der Waals surface area contributed by atoms with Gasteiger partial charge < -0.3 is 10.6 Å². The van der Waals surface area contributed by atoms with E-state index in [0.29, 0.717) is 0 Å². The summed E-state index contributed by atoms with van der Waals surface area (Å²) in [7, 11) is 3.42. The average molecular weight is 228 g/mol. The number of hydrogen-bond acceptors (Lipinski definition) is 2. The van der Waals surface area contributed by atoms with Crippen molar-refractivity contribution in [3.8, 4) is 0 Å². The van der Waals surface area contributed by atoms with E-state index < -0.39 is 6.04 Å². The smallest absolute Gasteiger partial charge is 0.243 e. The summed E-state index contributed by atoms with van der Waals surface area (Å²) in [6.07, 6.45) is 0. The molecule has 3 heteroatoms. The van der Waals surface area contributed by atoms with Crippen molar-refractivity contribution in [2.45, 2.75) is 6.04 Å². The zero-order valence-electron chi connectivity index (χ0n) is 10.1. The minimum absolute atomic E-state index is 0.0831. The fourth-order valence-electron chi connectivity index (χ4n) is 1.82. The number of nitrogens with zero attached hydrogens (tertiary/aromatic N) is 1. The summed E-state index contributed by atoms with van der Waals surface area (Å²) >= 11 is 0. The highest BCUT2D eigenvalue weighted by Crippen LogP contribution is 2.20. The Morgan fingerprint density at radius 1 is 1.12 bits per heavy atom. The van der Waals surface area contributed by atoms with Crippen molar-refractivity contribution in [1.29, 1.82) is 0 Å². The van der Waals surface area contributed by atoms with Crippen LogP contribution in [0.3, 0.4) is 0 Å². The highest BCUT2D eigenvalue weighted by atomic mass is 16.2. The third kappa shape index (κ3) is 2.29. The topological polar surface area (TPSA) is 46.3 Å². The molecule has 0 spiro atoms. The Labute approximate surface area is 101 Å². The van der Waals surface area contributed by atoms with Crippen LogP contribution in [-0.4, -0.2) is 24.9 Å². The molecule has 0 aliphatic carbocycles. The van der Waals surface area contributed by atoms with Gasteiger partial charge in [0.25, 0.3) is 0 Å². The lowest BCUT2D eigenvalue weighted by Gasteiger charge is -2.17. The van der Waals surface area contributed by atoms with Gasteiger partial charge in [0.05, 0.1) is 0 Å². The first-order valence-corrected chi connectivity index (χ1v) is 5.55. The van der Waals surface area contributed by atoms with Crippen LogP contribution in [-0.2, 0) is 4.79 Å². The second-order valence-electron chi connectivity index (χ2n) is 4.32. The number of likely N-dealkylation sites (N-methyl/N-ethyl adjacent to an activating group) is 1. The summed E-state index contributed by atoms with van der Waals surface area (Å²) in [6, 6.07) is 13.3. The highest BCUT2D eigenvalue weighted by molar-refractivity contribution is 5.87. The van der Waals surface area contributed by atoms with Crippen LogP contribution >= 0.6 is 0 Å². The van der Waals surface area contributed by atoms with Gasteiger partial charge in [-0.25, -0.2) is 0 Å². The van der Waals surface area contributed by atoms with Crippen LogP contribution in [0.5, 0.6) is 0 Å². The summed E-state index contributed by atoms with van der Waals surface area (Å²) in [4.78, 5) is 13.3. The predicted molar refractivity (Wildman–Crippen MR) is 69.6 cm³/mol. The van der Waals surface area contributed by atoms with E-state index in [-0.39, 0.29) is 5.91 Å². The first-order valence-electron chi connectivity index (χ1n) is 5.55. The molecule has 0 saturated heterocycles. The standard InChI is InChI=1S/C14H16N2O/c1-16(2)14(17)13(15)12-8-7-10-5-3-4-6-11(10)9-12/h3-9,13H,15H2,1-2H3. The van der Waals surface area contributed by atoms with Crippen LogP contribution in [0.1, 0.15) is 11.6 Å². The van der Waals surface area contributed by atoms with Gasteiger partial charge in [0.15, 0.2) is 0 Å². The van der Waals surface area contributed by atoms with Crippen molar-refractivity contribution >= 4 is 16.7 Å². The van der Waals surface area contributed by atoms with Crippen LogP contribution in [0.4, 0.5) is 0 Å². The minimum Gasteiger partial charge on any atom is -0.347 e. The molecule has 1 unspecified atom stereocenters. The lowest BCUT2D eigenvalue weighted by Crippen LogP contribution is -2.33. The van der Waals surface area contributed by atoms with Gasteiger partial charge in [-0.1, -0.05) is 36.4 Å². The maximum Gasteiger partial charge on any atom is 0.243 e. The molecule has 2 aromatic carbocycles. The molecule has 0 aliphatic rings. The quantitative estimate of drug-likeness (QED) is 0.853. The van der Waals surface area contributed by atoms with Crippen LogP contribution in [0.25, 0.3) is 10.8 Å². The van der Waals surface area contributed by atoms with Crippen LogP contribution in [0.15, 0.2) is 42.5 Å². The van der Waals surface area contributed by atoms with Gasteiger partial charge in [0, 0.05) is 14.1 Å².